The Hall–Kier alpha value is -2.41. The van der Waals surface area contributed by atoms with Crippen LogP contribution in [0, 0.1) is 20.8 Å². The van der Waals surface area contributed by atoms with Crippen LogP contribution in [0.15, 0.2) is 26.8 Å². The molecule has 0 amide bonds. The van der Waals surface area contributed by atoms with Crippen molar-refractivity contribution >= 4 is 27.4 Å². The van der Waals surface area contributed by atoms with Crippen molar-refractivity contribution in [2.45, 2.75) is 20.8 Å². The van der Waals surface area contributed by atoms with E-state index in [2.05, 4.69) is 19.9 Å². The number of aromatic nitrogens is 2. The molecule has 1 N–H and O–H groups in total. The van der Waals surface area contributed by atoms with Gasteiger partial charge in [-0.3, -0.25) is 15.0 Å². The number of nitrogens with one attached hydrogen (secondary N) is 1. The largest absolute Gasteiger partial charge is 0.287 e. The molecule has 106 valence electrons. The van der Waals surface area contributed by atoms with Crippen LogP contribution in [0.3, 0.4) is 0 Å². The second kappa shape index (κ2) is 4.85. The van der Waals surface area contributed by atoms with Crippen LogP contribution < -0.4 is 21.6 Å². The van der Waals surface area contributed by atoms with Gasteiger partial charge in [0.25, 0.3) is 0 Å². The van der Waals surface area contributed by atoms with Crippen LogP contribution >= 0.6 is 11.5 Å². The van der Waals surface area contributed by atoms with Gasteiger partial charge in [-0.2, -0.15) is 9.47 Å². The first-order valence-electron chi connectivity index (χ1n) is 6.32. The number of fused-ring (bicyclic) bond motifs is 1. The lowest BCUT2D eigenvalue weighted by molar-refractivity contribution is 1.13. The summed E-state index contributed by atoms with van der Waals surface area (Å²) in [6.07, 6.45) is 0. The number of hydrogen-bond acceptors (Lipinski definition) is 7. The molecule has 1 heterocycles. The smallest absolute Gasteiger partial charge is 0.223 e. The average Bonchev–Trinajstić information content (AvgIpc) is 2.96. The zero-order valence-corrected chi connectivity index (χ0v) is 12.5. The fourth-order valence-electron chi connectivity index (χ4n) is 2.19. The Balaban J connectivity index is 2.22. The molecule has 0 aliphatic rings. The lowest BCUT2D eigenvalue weighted by Gasteiger charge is -1.98. The van der Waals surface area contributed by atoms with E-state index in [0.29, 0.717) is 21.7 Å². The highest BCUT2D eigenvalue weighted by Gasteiger charge is 2.14. The van der Waals surface area contributed by atoms with Crippen molar-refractivity contribution in [1.82, 2.24) is 9.36 Å². The highest BCUT2D eigenvalue weighted by atomic mass is 32.1. The Morgan fingerprint density at radius 3 is 2.57 bits per heavy atom. The molecule has 0 atom stereocenters. The maximum atomic E-state index is 12.4. The molecule has 0 saturated carbocycles. The minimum Gasteiger partial charge on any atom is -0.287 e. The summed E-state index contributed by atoms with van der Waals surface area (Å²) in [5, 5.41) is 5.14. The van der Waals surface area contributed by atoms with Crippen LogP contribution in [-0.4, -0.2) is 9.36 Å². The van der Waals surface area contributed by atoms with Crippen molar-refractivity contribution in [3.05, 3.63) is 54.9 Å². The first kappa shape index (κ1) is 13.6. The average molecular weight is 300 g/mol. The van der Waals surface area contributed by atoms with Gasteiger partial charge >= 0.3 is 0 Å². The van der Waals surface area contributed by atoms with Crippen LogP contribution in [0.25, 0.3) is 10.8 Å². The van der Waals surface area contributed by atoms with Crippen molar-refractivity contribution in [3.8, 4) is 0 Å². The molecule has 0 aliphatic heterocycles. The minimum atomic E-state index is -0.355. The third-order valence-electron chi connectivity index (χ3n) is 3.43. The fourth-order valence-corrected chi connectivity index (χ4v) is 2.71. The summed E-state index contributed by atoms with van der Waals surface area (Å²) in [6, 6.07) is 3.51. The number of nitrogens with zero attached hydrogens (tertiary/aromatic N) is 3. The van der Waals surface area contributed by atoms with Gasteiger partial charge in [0.1, 0.15) is 5.82 Å². The quantitative estimate of drug-likeness (QED) is 0.717. The third-order valence-corrected chi connectivity index (χ3v) is 4.14. The molecule has 7 heteroatoms. The van der Waals surface area contributed by atoms with E-state index < -0.39 is 0 Å². The van der Waals surface area contributed by atoms with E-state index in [-0.39, 0.29) is 16.2 Å². The molecule has 0 spiro atoms. The van der Waals surface area contributed by atoms with Crippen LogP contribution in [0.2, 0.25) is 0 Å². The molecule has 0 radical (unpaired) electrons. The maximum absolute atomic E-state index is 12.4. The van der Waals surface area contributed by atoms with E-state index in [1.54, 1.807) is 13.0 Å². The predicted molar refractivity (Wildman–Crippen MR) is 82.2 cm³/mol. The number of anilines is 1. The highest BCUT2D eigenvalue weighted by molar-refractivity contribution is 7.09. The molecular weight excluding hydrogens is 288 g/mol. The summed E-state index contributed by atoms with van der Waals surface area (Å²) < 4.78 is 3.99. The standard InChI is InChI=1S/C14H12N4O2S/c1-6-4-5-9-10(7(6)2)13(20)11(12(9)19)16-17-14-15-8(3)18-21-14/h4-5H,1-3H3,(H,15,17,18). The van der Waals surface area contributed by atoms with E-state index in [9.17, 15) is 9.59 Å². The Kier molecular flexibility index (Phi) is 3.13. The molecule has 0 aliphatic carbocycles. The number of rotatable bonds is 2. The van der Waals surface area contributed by atoms with Crippen LogP contribution in [0.5, 0.6) is 0 Å². The molecule has 0 bridgehead atoms. The Labute approximate surface area is 123 Å². The van der Waals surface area contributed by atoms with Crippen molar-refractivity contribution in [2.75, 3.05) is 5.43 Å². The summed E-state index contributed by atoms with van der Waals surface area (Å²) >= 11 is 1.12. The normalized spacial score (nSPS) is 12.2. The van der Waals surface area contributed by atoms with E-state index >= 15 is 0 Å². The van der Waals surface area contributed by atoms with Gasteiger partial charge in [-0.05, 0) is 38.0 Å². The Bertz CT molecular complexity index is 997. The number of benzene rings is 1. The van der Waals surface area contributed by atoms with Gasteiger partial charge in [0.15, 0.2) is 5.36 Å². The van der Waals surface area contributed by atoms with Gasteiger partial charge in [0.2, 0.25) is 16.0 Å². The Morgan fingerprint density at radius 2 is 1.90 bits per heavy atom. The first-order valence-corrected chi connectivity index (χ1v) is 7.10. The lowest BCUT2D eigenvalue weighted by Crippen LogP contribution is -2.32. The van der Waals surface area contributed by atoms with E-state index in [1.807, 2.05) is 19.9 Å². The molecular formula is C14H12N4O2S. The minimum absolute atomic E-state index is 0.105. The summed E-state index contributed by atoms with van der Waals surface area (Å²) in [7, 11) is 0. The van der Waals surface area contributed by atoms with Gasteiger partial charge in [0, 0.05) is 22.3 Å². The molecule has 0 fully saturated rings. The van der Waals surface area contributed by atoms with Crippen molar-refractivity contribution in [3.63, 3.8) is 0 Å². The van der Waals surface area contributed by atoms with Crippen LogP contribution in [0.4, 0.5) is 5.13 Å². The molecule has 0 unspecified atom stereocenters. The molecule has 3 aromatic rings. The molecule has 6 nitrogen and oxygen atoms in total. The van der Waals surface area contributed by atoms with Gasteiger partial charge in [-0.25, -0.2) is 4.98 Å². The van der Waals surface area contributed by atoms with Gasteiger partial charge in [-0.1, -0.05) is 6.07 Å². The maximum Gasteiger partial charge on any atom is 0.223 e. The second-order valence-corrected chi connectivity index (χ2v) is 5.56. The van der Waals surface area contributed by atoms with E-state index in [4.69, 9.17) is 0 Å². The second-order valence-electron chi connectivity index (χ2n) is 4.81. The summed E-state index contributed by atoms with van der Waals surface area (Å²) in [4.78, 5) is 28.7. The number of aryl methyl sites for hydroxylation is 3. The summed E-state index contributed by atoms with van der Waals surface area (Å²) in [5.41, 5.74) is 3.73. The van der Waals surface area contributed by atoms with Crippen molar-refractivity contribution in [1.29, 1.82) is 0 Å². The SMILES string of the molecule is Cc1nsc(NN=c2c(=O)c3ccc(C)c(C)c3c2=O)n1. The van der Waals surface area contributed by atoms with Crippen molar-refractivity contribution in [2.24, 2.45) is 5.10 Å². The zero-order chi connectivity index (χ0) is 15.1. The van der Waals surface area contributed by atoms with Crippen LogP contribution in [-0.2, 0) is 0 Å². The van der Waals surface area contributed by atoms with Gasteiger partial charge < -0.3 is 0 Å². The van der Waals surface area contributed by atoms with Crippen LogP contribution in [0.1, 0.15) is 17.0 Å². The Morgan fingerprint density at radius 1 is 1.14 bits per heavy atom. The van der Waals surface area contributed by atoms with Gasteiger partial charge in [-0.15, -0.1) is 0 Å². The summed E-state index contributed by atoms with van der Waals surface area (Å²) in [6.45, 7) is 5.50. The third kappa shape index (κ3) is 2.15. The van der Waals surface area contributed by atoms with Crippen molar-refractivity contribution < 1.29 is 0 Å². The summed E-state index contributed by atoms with van der Waals surface area (Å²) in [5.74, 6) is 0.613. The molecule has 21 heavy (non-hydrogen) atoms. The first-order chi connectivity index (χ1) is 9.99. The van der Waals surface area contributed by atoms with E-state index in [1.165, 1.54) is 0 Å². The lowest BCUT2D eigenvalue weighted by atomic mass is 10.0. The molecule has 3 rings (SSSR count). The highest BCUT2D eigenvalue weighted by Crippen LogP contribution is 2.15. The molecule has 2 aromatic carbocycles. The number of hydrogen-bond donors (Lipinski definition) is 1. The fraction of sp³-hybridized carbons (Fsp3) is 0.214. The zero-order valence-electron chi connectivity index (χ0n) is 11.7. The predicted octanol–water partition coefficient (Wildman–Crippen LogP) is 1.14. The topological polar surface area (TPSA) is 84.3 Å². The molecule has 1 aromatic heterocycles. The molecule has 0 saturated heterocycles. The van der Waals surface area contributed by atoms with E-state index in [0.717, 1.165) is 22.7 Å². The van der Waals surface area contributed by atoms with Gasteiger partial charge in [0.05, 0.1) is 0 Å². The monoisotopic (exact) mass is 300 g/mol.